The van der Waals surface area contributed by atoms with Crippen molar-refractivity contribution in [1.82, 2.24) is 0 Å². The maximum absolute atomic E-state index is 11.5. The lowest BCUT2D eigenvalue weighted by Gasteiger charge is -2.14. The molecule has 2 atom stereocenters. The van der Waals surface area contributed by atoms with Gasteiger partial charge in [-0.1, -0.05) is 0 Å². The molecule has 0 radical (unpaired) electrons. The quantitative estimate of drug-likeness (QED) is 0.388. The zero-order chi connectivity index (χ0) is 16.3. The largest absolute Gasteiger partial charge is 0.469 e. The van der Waals surface area contributed by atoms with E-state index in [2.05, 4.69) is 5.32 Å². The molecule has 0 heterocycles. The van der Waals surface area contributed by atoms with Gasteiger partial charge in [-0.2, -0.15) is 0 Å². The number of carbonyl (C=O) groups is 2. The van der Waals surface area contributed by atoms with Crippen LogP contribution in [0.1, 0.15) is 36.5 Å². The van der Waals surface area contributed by atoms with Crippen molar-refractivity contribution in [3.8, 4) is 0 Å². The van der Waals surface area contributed by atoms with E-state index in [0.717, 1.165) is 6.42 Å². The van der Waals surface area contributed by atoms with E-state index < -0.39 is 4.92 Å². The summed E-state index contributed by atoms with van der Waals surface area (Å²) >= 11 is 0. The van der Waals surface area contributed by atoms with Gasteiger partial charge in [0.05, 0.1) is 18.0 Å². The standard InChI is InChI=1S/C15H18N2O5/c1-9(18)10-4-6-13(14(8-10)17(20)21)16-12-5-3-11(7-12)15(19)22-2/h4,6,8,11-12,16H,3,5,7H2,1-2H3/t11-,12+/m0/s1. The summed E-state index contributed by atoms with van der Waals surface area (Å²) in [7, 11) is 1.36. The smallest absolute Gasteiger partial charge is 0.308 e. The van der Waals surface area contributed by atoms with Crippen LogP contribution in [-0.4, -0.2) is 29.8 Å². The summed E-state index contributed by atoms with van der Waals surface area (Å²) in [6, 6.07) is 4.35. The molecule has 0 spiro atoms. The molecule has 7 nitrogen and oxygen atoms in total. The Bertz CT molecular complexity index is 614. The zero-order valence-electron chi connectivity index (χ0n) is 12.5. The van der Waals surface area contributed by atoms with Crippen molar-refractivity contribution in [2.45, 2.75) is 32.2 Å². The lowest BCUT2D eigenvalue weighted by Crippen LogP contribution is -2.19. The number of Topliss-reactive ketones (excluding diaryl/α,β-unsaturated/α-hetero) is 1. The number of rotatable bonds is 5. The van der Waals surface area contributed by atoms with Crippen LogP contribution in [0.4, 0.5) is 11.4 Å². The van der Waals surface area contributed by atoms with Crippen LogP contribution in [0.15, 0.2) is 18.2 Å². The van der Waals surface area contributed by atoms with E-state index in [1.165, 1.54) is 20.1 Å². The molecule has 7 heteroatoms. The fourth-order valence-corrected chi connectivity index (χ4v) is 2.74. The second kappa shape index (κ2) is 6.55. The molecular weight excluding hydrogens is 288 g/mol. The SMILES string of the molecule is COC(=O)[C@H]1CC[C@@H](Nc2ccc(C(C)=O)cc2[N+](=O)[O-])C1. The minimum absolute atomic E-state index is 0.0222. The van der Waals surface area contributed by atoms with Crippen molar-refractivity contribution in [2.24, 2.45) is 5.92 Å². The first-order valence-electron chi connectivity index (χ1n) is 7.06. The van der Waals surface area contributed by atoms with Crippen molar-refractivity contribution in [3.63, 3.8) is 0 Å². The van der Waals surface area contributed by atoms with Gasteiger partial charge in [-0.3, -0.25) is 19.7 Å². The number of nitro benzene ring substituents is 1. The molecule has 0 bridgehead atoms. The highest BCUT2D eigenvalue weighted by Gasteiger charge is 2.31. The van der Waals surface area contributed by atoms with Gasteiger partial charge in [-0.05, 0) is 38.3 Å². The predicted octanol–water partition coefficient (Wildman–Crippen LogP) is 2.55. The number of ketones is 1. The predicted molar refractivity (Wildman–Crippen MR) is 79.9 cm³/mol. The van der Waals surface area contributed by atoms with E-state index in [-0.39, 0.29) is 29.4 Å². The molecule has 1 aliphatic carbocycles. The van der Waals surface area contributed by atoms with Gasteiger partial charge in [0.1, 0.15) is 5.69 Å². The third-order valence-corrected chi connectivity index (χ3v) is 3.93. The summed E-state index contributed by atoms with van der Waals surface area (Å²) in [6.45, 7) is 1.37. The van der Waals surface area contributed by atoms with Gasteiger partial charge in [0.2, 0.25) is 0 Å². The highest BCUT2D eigenvalue weighted by Crippen LogP contribution is 2.32. The van der Waals surface area contributed by atoms with Gasteiger partial charge in [-0.25, -0.2) is 0 Å². The number of carbonyl (C=O) groups excluding carboxylic acids is 2. The Kier molecular flexibility index (Phi) is 4.75. The fraction of sp³-hybridized carbons (Fsp3) is 0.467. The van der Waals surface area contributed by atoms with Gasteiger partial charge < -0.3 is 10.1 Å². The maximum Gasteiger partial charge on any atom is 0.308 e. The summed E-state index contributed by atoms with van der Waals surface area (Å²) in [6.07, 6.45) is 2.02. The molecule has 0 amide bonds. The summed E-state index contributed by atoms with van der Waals surface area (Å²) in [5.41, 5.74) is 0.538. The van der Waals surface area contributed by atoms with Crippen LogP contribution in [0.2, 0.25) is 0 Å². The zero-order valence-corrected chi connectivity index (χ0v) is 12.5. The average Bonchev–Trinajstić information content (AvgIpc) is 2.94. The molecule has 22 heavy (non-hydrogen) atoms. The third kappa shape index (κ3) is 3.41. The Morgan fingerprint density at radius 2 is 2.09 bits per heavy atom. The van der Waals surface area contributed by atoms with Gasteiger partial charge in [-0.15, -0.1) is 0 Å². The summed E-state index contributed by atoms with van der Waals surface area (Å²) in [5.74, 6) is -0.634. The van der Waals surface area contributed by atoms with E-state index in [9.17, 15) is 19.7 Å². The Labute approximate surface area is 127 Å². The Morgan fingerprint density at radius 3 is 2.68 bits per heavy atom. The first-order valence-corrected chi connectivity index (χ1v) is 7.06. The first-order chi connectivity index (χ1) is 10.4. The van der Waals surface area contributed by atoms with Gasteiger partial charge >= 0.3 is 5.97 Å². The van der Waals surface area contributed by atoms with Crippen LogP contribution in [0.3, 0.4) is 0 Å². The van der Waals surface area contributed by atoms with Crippen molar-refractivity contribution < 1.29 is 19.2 Å². The van der Waals surface area contributed by atoms with E-state index in [1.54, 1.807) is 12.1 Å². The highest BCUT2D eigenvalue weighted by molar-refractivity contribution is 5.95. The van der Waals surface area contributed by atoms with Gasteiger partial charge in [0.15, 0.2) is 5.78 Å². The number of nitrogens with zero attached hydrogens (tertiary/aromatic N) is 1. The van der Waals surface area contributed by atoms with E-state index in [1.807, 2.05) is 0 Å². The fourth-order valence-electron chi connectivity index (χ4n) is 2.74. The van der Waals surface area contributed by atoms with Crippen LogP contribution in [0.25, 0.3) is 0 Å². The number of hydrogen-bond acceptors (Lipinski definition) is 6. The number of ether oxygens (including phenoxy) is 1. The monoisotopic (exact) mass is 306 g/mol. The van der Waals surface area contributed by atoms with Crippen LogP contribution in [0.5, 0.6) is 0 Å². The molecule has 1 aromatic carbocycles. The molecule has 1 aromatic rings. The van der Waals surface area contributed by atoms with Crippen LogP contribution < -0.4 is 5.32 Å². The second-order valence-corrected chi connectivity index (χ2v) is 5.42. The van der Waals surface area contributed by atoms with Crippen molar-refractivity contribution >= 4 is 23.1 Å². The van der Waals surface area contributed by atoms with E-state index >= 15 is 0 Å². The number of hydrogen-bond donors (Lipinski definition) is 1. The van der Waals surface area contributed by atoms with Crippen LogP contribution >= 0.6 is 0 Å². The van der Waals surface area contributed by atoms with Crippen LogP contribution in [0, 0.1) is 16.0 Å². The van der Waals surface area contributed by atoms with Crippen molar-refractivity contribution in [2.75, 3.05) is 12.4 Å². The molecule has 2 rings (SSSR count). The minimum Gasteiger partial charge on any atom is -0.469 e. The lowest BCUT2D eigenvalue weighted by molar-refractivity contribution is -0.384. The Balaban J connectivity index is 2.15. The molecule has 118 valence electrons. The maximum atomic E-state index is 11.5. The van der Waals surface area contributed by atoms with E-state index in [0.29, 0.717) is 24.1 Å². The average molecular weight is 306 g/mol. The number of methoxy groups -OCH3 is 1. The van der Waals surface area contributed by atoms with Gasteiger partial charge in [0, 0.05) is 17.7 Å². The normalized spacial score (nSPS) is 20.5. The Hall–Kier alpha value is -2.44. The topological polar surface area (TPSA) is 98.5 Å². The summed E-state index contributed by atoms with van der Waals surface area (Å²) in [5, 5.41) is 14.3. The van der Waals surface area contributed by atoms with Gasteiger partial charge in [0.25, 0.3) is 5.69 Å². The van der Waals surface area contributed by atoms with Crippen molar-refractivity contribution in [3.05, 3.63) is 33.9 Å². The third-order valence-electron chi connectivity index (χ3n) is 3.93. The lowest BCUT2D eigenvalue weighted by atomic mass is 10.1. The second-order valence-electron chi connectivity index (χ2n) is 5.42. The number of nitro groups is 1. The molecule has 1 fully saturated rings. The van der Waals surface area contributed by atoms with Crippen LogP contribution in [-0.2, 0) is 9.53 Å². The number of esters is 1. The van der Waals surface area contributed by atoms with Crippen molar-refractivity contribution in [1.29, 1.82) is 0 Å². The number of anilines is 1. The summed E-state index contributed by atoms with van der Waals surface area (Å²) < 4.78 is 4.72. The summed E-state index contributed by atoms with van der Waals surface area (Å²) in [4.78, 5) is 33.5. The van der Waals surface area contributed by atoms with E-state index in [4.69, 9.17) is 4.74 Å². The molecular formula is C15H18N2O5. The molecule has 1 aliphatic rings. The molecule has 0 saturated heterocycles. The molecule has 0 aliphatic heterocycles. The number of benzene rings is 1. The molecule has 0 aromatic heterocycles. The first kappa shape index (κ1) is 15.9. The number of nitrogens with one attached hydrogen (secondary N) is 1. The molecule has 0 unspecified atom stereocenters. The molecule has 1 saturated carbocycles. The minimum atomic E-state index is -0.512. The molecule has 1 N–H and O–H groups in total. The highest BCUT2D eigenvalue weighted by atomic mass is 16.6. The Morgan fingerprint density at radius 1 is 1.36 bits per heavy atom.